The van der Waals surface area contributed by atoms with Crippen LogP contribution in [0.2, 0.25) is 0 Å². The highest BCUT2D eigenvalue weighted by molar-refractivity contribution is 5.98. The number of carbonyl (C=O) groups excluding carboxylic acids is 3. The summed E-state index contributed by atoms with van der Waals surface area (Å²) in [6, 6.07) is 5.16. The van der Waals surface area contributed by atoms with Crippen molar-refractivity contribution in [2.75, 3.05) is 13.2 Å². The van der Waals surface area contributed by atoms with Crippen molar-refractivity contribution in [1.29, 1.82) is 0 Å². The normalized spacial score (nSPS) is 11.5. The number of rotatable bonds is 7. The Morgan fingerprint density at radius 2 is 1.90 bits per heavy atom. The third-order valence-corrected chi connectivity index (χ3v) is 2.70. The molecule has 1 aromatic rings. The highest BCUT2D eigenvalue weighted by atomic mass is 16.3. The highest BCUT2D eigenvalue weighted by Crippen LogP contribution is 2.09. The van der Waals surface area contributed by atoms with E-state index < -0.39 is 37.0 Å². The monoisotopic (exact) mass is 294 g/mol. The van der Waals surface area contributed by atoms with Gasteiger partial charge in [0.2, 0.25) is 11.8 Å². The number of benzene rings is 1. The summed E-state index contributed by atoms with van der Waals surface area (Å²) in [7, 11) is 0. The van der Waals surface area contributed by atoms with Crippen molar-refractivity contribution in [2.24, 2.45) is 5.73 Å². The fourth-order valence-corrected chi connectivity index (χ4v) is 1.58. The van der Waals surface area contributed by atoms with Gasteiger partial charge in [-0.15, -0.1) is 0 Å². The first-order valence-electron chi connectivity index (χ1n) is 6.13. The van der Waals surface area contributed by atoms with E-state index in [1.54, 1.807) is 18.2 Å². The van der Waals surface area contributed by atoms with Gasteiger partial charge in [0.15, 0.2) is 6.61 Å². The van der Waals surface area contributed by atoms with Crippen molar-refractivity contribution >= 4 is 17.7 Å². The van der Waals surface area contributed by atoms with Crippen LogP contribution in [0.3, 0.4) is 0 Å². The molecular weight excluding hydrogens is 278 g/mol. The molecule has 0 heterocycles. The first-order chi connectivity index (χ1) is 9.99. The lowest BCUT2D eigenvalue weighted by atomic mass is 10.1. The van der Waals surface area contributed by atoms with Crippen LogP contribution in [-0.2, 0) is 21.2 Å². The van der Waals surface area contributed by atoms with Crippen molar-refractivity contribution in [1.82, 2.24) is 10.6 Å². The van der Waals surface area contributed by atoms with E-state index in [0.29, 0.717) is 5.56 Å². The molecule has 0 bridgehead atoms. The number of hydrogen-bond acceptors (Lipinski definition) is 4. The van der Waals surface area contributed by atoms with Crippen LogP contribution < -0.4 is 16.4 Å². The van der Waals surface area contributed by atoms with E-state index in [9.17, 15) is 19.5 Å². The number of nitrogens with two attached hydrogens (primary N) is 1. The Hall–Kier alpha value is -2.45. The largest absolute Gasteiger partial charge is 0.394 e. The summed E-state index contributed by atoms with van der Waals surface area (Å²) >= 11 is 0. The number of aliphatic hydroxyl groups excluding tert-OH is 1. The van der Waals surface area contributed by atoms with Crippen LogP contribution in [0, 0.1) is 0 Å². The number of amides is 3. The van der Waals surface area contributed by atoms with Crippen molar-refractivity contribution < 1.29 is 24.6 Å². The second-order valence-corrected chi connectivity index (χ2v) is 4.19. The minimum Gasteiger partial charge on any atom is -0.394 e. The molecule has 0 spiro atoms. The maximum absolute atomic E-state index is 12.0. The molecule has 8 nitrogen and oxygen atoms in total. The van der Waals surface area contributed by atoms with Gasteiger partial charge in [-0.3, -0.25) is 14.4 Å². The molecule has 3 amide bonds. The number of aliphatic hydroxyl groups is 1. The van der Waals surface area contributed by atoms with E-state index in [4.69, 9.17) is 10.8 Å². The van der Waals surface area contributed by atoms with Gasteiger partial charge in [-0.05, 0) is 11.6 Å². The van der Waals surface area contributed by atoms with Gasteiger partial charge in [-0.1, -0.05) is 18.2 Å². The summed E-state index contributed by atoms with van der Waals surface area (Å²) in [5.41, 5.74) is 5.70. The van der Waals surface area contributed by atoms with Gasteiger partial charge in [0.25, 0.3) is 5.91 Å². The van der Waals surface area contributed by atoms with E-state index in [1.807, 2.05) is 0 Å². The first-order valence-corrected chi connectivity index (χ1v) is 6.13. The number of nitrogens with one attached hydrogen (secondary N) is 2. The average Bonchev–Trinajstić information content (AvgIpc) is 2.49. The van der Waals surface area contributed by atoms with Crippen molar-refractivity contribution in [3.63, 3.8) is 0 Å². The number of primary amides is 1. The van der Waals surface area contributed by atoms with Crippen molar-refractivity contribution in [3.8, 4) is 0 Å². The van der Waals surface area contributed by atoms with Gasteiger partial charge >= 0.3 is 0 Å². The molecule has 1 aromatic carbocycles. The van der Waals surface area contributed by atoms with Gasteiger partial charge < -0.3 is 21.5 Å². The van der Waals surface area contributed by atoms with Gasteiger partial charge in [0.1, 0.15) is 6.04 Å². The molecule has 0 aromatic heterocycles. The predicted molar refractivity (Wildman–Crippen MR) is 71.4 cm³/mol. The zero-order valence-electron chi connectivity index (χ0n) is 11.2. The average molecular weight is 294 g/mol. The van der Waals surface area contributed by atoms with Gasteiger partial charge in [0.05, 0.1) is 6.61 Å². The minimum atomic E-state index is -1.19. The minimum absolute atomic E-state index is 0.00499. The first kappa shape index (κ1) is 16.6. The molecule has 1 atom stereocenters. The molecule has 8 heteroatoms. The molecule has 0 saturated heterocycles. The van der Waals surface area contributed by atoms with Gasteiger partial charge in [-0.2, -0.15) is 0 Å². The Balaban J connectivity index is 2.84. The van der Waals surface area contributed by atoms with E-state index >= 15 is 0 Å². The van der Waals surface area contributed by atoms with Crippen molar-refractivity contribution in [3.05, 3.63) is 35.4 Å². The molecule has 0 aliphatic heterocycles. The third kappa shape index (κ3) is 4.86. The summed E-state index contributed by atoms with van der Waals surface area (Å²) in [6.45, 7) is -1.51. The van der Waals surface area contributed by atoms with Crippen LogP contribution in [0.15, 0.2) is 24.3 Å². The molecule has 1 radical (unpaired) electrons. The van der Waals surface area contributed by atoms with E-state index in [-0.39, 0.29) is 12.1 Å². The maximum Gasteiger partial charge on any atom is 0.252 e. The Labute approximate surface area is 120 Å². The summed E-state index contributed by atoms with van der Waals surface area (Å²) in [5, 5.41) is 24.0. The predicted octanol–water partition coefficient (Wildman–Crippen LogP) is -1.69. The molecular formula is C13H16N3O5. The van der Waals surface area contributed by atoms with Crippen LogP contribution in [0.5, 0.6) is 0 Å². The lowest BCUT2D eigenvalue weighted by molar-refractivity contribution is -0.125. The second-order valence-electron chi connectivity index (χ2n) is 4.19. The van der Waals surface area contributed by atoms with Crippen LogP contribution in [0.25, 0.3) is 0 Å². The molecule has 1 rings (SSSR count). The molecule has 0 unspecified atom stereocenters. The Bertz CT molecular complexity index is 532. The quantitative estimate of drug-likeness (QED) is 0.476. The lowest BCUT2D eigenvalue weighted by Crippen LogP contribution is -2.47. The van der Waals surface area contributed by atoms with Crippen LogP contribution >= 0.6 is 0 Å². The van der Waals surface area contributed by atoms with E-state index in [1.165, 1.54) is 6.07 Å². The standard InChI is InChI=1S/C13H16N3O5/c14-12(20)10(6-17)16-13(21)9-4-2-1-3-8(9)5-15-11(19)7-18/h1-4,10,17H,5-7H2,(H2,14,20)(H,15,19)(H,16,21)/t10-/m0/s1. The Kier molecular flexibility index (Phi) is 6.31. The zero-order valence-corrected chi connectivity index (χ0v) is 11.2. The maximum atomic E-state index is 12.0. The molecule has 0 aliphatic carbocycles. The van der Waals surface area contributed by atoms with E-state index in [2.05, 4.69) is 10.6 Å². The Morgan fingerprint density at radius 1 is 1.24 bits per heavy atom. The SMILES string of the molecule is NC(=O)[C@H](CO)NC(=O)c1ccccc1CNC(=O)C[O]. The van der Waals surface area contributed by atoms with Crippen LogP contribution in [0.4, 0.5) is 0 Å². The zero-order chi connectivity index (χ0) is 15.8. The van der Waals surface area contributed by atoms with Crippen molar-refractivity contribution in [2.45, 2.75) is 12.6 Å². The summed E-state index contributed by atoms with van der Waals surface area (Å²) in [4.78, 5) is 34.0. The topological polar surface area (TPSA) is 141 Å². The molecule has 21 heavy (non-hydrogen) atoms. The second kappa shape index (κ2) is 7.98. The van der Waals surface area contributed by atoms with Gasteiger partial charge in [0, 0.05) is 12.1 Å². The molecule has 113 valence electrons. The molecule has 5 N–H and O–H groups in total. The fourth-order valence-electron chi connectivity index (χ4n) is 1.58. The summed E-state index contributed by atoms with van der Waals surface area (Å²) < 4.78 is 0. The summed E-state index contributed by atoms with van der Waals surface area (Å²) in [5.74, 6) is -2.15. The fraction of sp³-hybridized carbons (Fsp3) is 0.308. The Morgan fingerprint density at radius 3 is 2.48 bits per heavy atom. The van der Waals surface area contributed by atoms with Crippen LogP contribution in [-0.4, -0.2) is 42.1 Å². The molecule has 0 saturated carbocycles. The smallest absolute Gasteiger partial charge is 0.252 e. The number of hydrogen-bond donors (Lipinski definition) is 4. The molecule has 0 fully saturated rings. The highest BCUT2D eigenvalue weighted by Gasteiger charge is 2.19. The van der Waals surface area contributed by atoms with Gasteiger partial charge in [-0.25, -0.2) is 5.11 Å². The third-order valence-electron chi connectivity index (χ3n) is 2.70. The molecule has 0 aliphatic rings. The van der Waals surface area contributed by atoms with Crippen LogP contribution in [0.1, 0.15) is 15.9 Å². The lowest BCUT2D eigenvalue weighted by Gasteiger charge is -2.15. The number of carbonyl (C=O) groups is 3. The van der Waals surface area contributed by atoms with E-state index in [0.717, 1.165) is 0 Å². The summed E-state index contributed by atoms with van der Waals surface area (Å²) in [6.07, 6.45) is 0.